The summed E-state index contributed by atoms with van der Waals surface area (Å²) < 4.78 is 0. The van der Waals surface area contributed by atoms with Crippen molar-refractivity contribution in [3.8, 4) is 0 Å². The highest BCUT2D eigenvalue weighted by Gasteiger charge is 2.04. The highest BCUT2D eigenvalue weighted by molar-refractivity contribution is 5.83. The summed E-state index contributed by atoms with van der Waals surface area (Å²) in [4.78, 5) is 0. The fourth-order valence-electron chi connectivity index (χ4n) is 0.853. The lowest BCUT2D eigenvalue weighted by molar-refractivity contribution is 0.506. The molecule has 2 nitrogen and oxygen atoms in total. The van der Waals surface area contributed by atoms with Crippen LogP contribution in [0.3, 0.4) is 0 Å². The Morgan fingerprint density at radius 3 is 2.69 bits per heavy atom. The number of allylic oxidation sites excluding steroid dienone is 3. The van der Waals surface area contributed by atoms with E-state index in [-0.39, 0.29) is 0 Å². The van der Waals surface area contributed by atoms with Crippen molar-refractivity contribution >= 4 is 5.71 Å². The lowest BCUT2D eigenvalue weighted by Crippen LogP contribution is -2.14. The SMILES string of the molecule is C=C1C=CC=CN1/N=C(\C)C(C)C. The van der Waals surface area contributed by atoms with Crippen LogP contribution in [0.2, 0.25) is 0 Å². The van der Waals surface area contributed by atoms with E-state index in [1.54, 1.807) is 5.01 Å². The Bertz CT molecular complexity index is 282. The number of hydrazone groups is 1. The van der Waals surface area contributed by atoms with Crippen molar-refractivity contribution in [1.29, 1.82) is 0 Å². The van der Waals surface area contributed by atoms with Gasteiger partial charge in [0.15, 0.2) is 0 Å². The highest BCUT2D eigenvalue weighted by Crippen LogP contribution is 2.11. The summed E-state index contributed by atoms with van der Waals surface area (Å²) in [6, 6.07) is 0. The van der Waals surface area contributed by atoms with Crippen LogP contribution in [-0.2, 0) is 0 Å². The van der Waals surface area contributed by atoms with Crippen molar-refractivity contribution < 1.29 is 0 Å². The standard InChI is InChI=1S/C11H16N2/c1-9(2)11(4)12-13-8-6-5-7-10(13)3/h5-9H,3H2,1-2,4H3/b12-11+. The Balaban J connectivity index is 2.74. The van der Waals surface area contributed by atoms with Crippen LogP contribution in [0.4, 0.5) is 0 Å². The molecule has 1 rings (SSSR count). The van der Waals surface area contributed by atoms with E-state index >= 15 is 0 Å². The van der Waals surface area contributed by atoms with Gasteiger partial charge in [0.25, 0.3) is 0 Å². The number of hydrogen-bond donors (Lipinski definition) is 0. The Labute approximate surface area is 79.9 Å². The summed E-state index contributed by atoms with van der Waals surface area (Å²) in [5.41, 5.74) is 2.02. The van der Waals surface area contributed by atoms with Crippen molar-refractivity contribution in [3.63, 3.8) is 0 Å². The molecule has 2 heteroatoms. The van der Waals surface area contributed by atoms with Crippen LogP contribution in [-0.4, -0.2) is 10.7 Å². The van der Waals surface area contributed by atoms with E-state index in [9.17, 15) is 0 Å². The molecule has 0 aliphatic carbocycles. The molecule has 0 aromatic heterocycles. The Hall–Kier alpha value is -1.31. The molecule has 13 heavy (non-hydrogen) atoms. The largest absolute Gasteiger partial charge is 0.242 e. The van der Waals surface area contributed by atoms with Crippen molar-refractivity contribution in [1.82, 2.24) is 5.01 Å². The molecule has 0 aromatic rings. The van der Waals surface area contributed by atoms with E-state index in [1.165, 1.54) is 0 Å². The van der Waals surface area contributed by atoms with Gasteiger partial charge in [-0.2, -0.15) is 5.10 Å². The van der Waals surface area contributed by atoms with E-state index in [4.69, 9.17) is 0 Å². The maximum absolute atomic E-state index is 4.43. The second kappa shape index (κ2) is 4.08. The first-order valence-corrected chi connectivity index (χ1v) is 4.49. The molecule has 0 spiro atoms. The summed E-state index contributed by atoms with van der Waals surface area (Å²) in [6.45, 7) is 10.2. The fraction of sp³-hybridized carbons (Fsp3) is 0.364. The lowest BCUT2D eigenvalue weighted by atomic mass is 10.1. The molecule has 0 radical (unpaired) electrons. The Kier molecular flexibility index (Phi) is 3.07. The van der Waals surface area contributed by atoms with Crippen LogP contribution < -0.4 is 0 Å². The molecule has 0 unspecified atom stereocenters. The number of hydrogen-bond acceptors (Lipinski definition) is 2. The molecule has 0 aromatic carbocycles. The molecule has 0 bridgehead atoms. The molecule has 0 N–H and O–H groups in total. The van der Waals surface area contributed by atoms with Crippen LogP contribution in [0.15, 0.2) is 41.8 Å². The topological polar surface area (TPSA) is 15.6 Å². The Morgan fingerprint density at radius 1 is 1.46 bits per heavy atom. The van der Waals surface area contributed by atoms with E-state index in [2.05, 4.69) is 25.5 Å². The van der Waals surface area contributed by atoms with Crippen LogP contribution in [0.25, 0.3) is 0 Å². The van der Waals surface area contributed by atoms with Crippen LogP contribution in [0, 0.1) is 5.92 Å². The smallest absolute Gasteiger partial charge is 0.0573 e. The zero-order valence-electron chi connectivity index (χ0n) is 8.49. The monoisotopic (exact) mass is 176 g/mol. The second-order valence-electron chi connectivity index (χ2n) is 3.43. The molecular weight excluding hydrogens is 160 g/mol. The number of nitrogens with zero attached hydrogens (tertiary/aromatic N) is 2. The summed E-state index contributed by atoms with van der Waals surface area (Å²) in [5, 5.41) is 6.23. The Morgan fingerprint density at radius 2 is 2.15 bits per heavy atom. The van der Waals surface area contributed by atoms with Crippen molar-refractivity contribution in [3.05, 3.63) is 36.7 Å². The molecule has 0 atom stereocenters. The predicted octanol–water partition coefficient (Wildman–Crippen LogP) is 2.92. The lowest BCUT2D eigenvalue weighted by Gasteiger charge is -2.18. The normalized spacial score (nSPS) is 17.4. The van der Waals surface area contributed by atoms with Gasteiger partial charge >= 0.3 is 0 Å². The van der Waals surface area contributed by atoms with Gasteiger partial charge in [-0.15, -0.1) is 0 Å². The first kappa shape index (κ1) is 9.78. The molecule has 1 aliphatic rings. The van der Waals surface area contributed by atoms with Gasteiger partial charge in [0.1, 0.15) is 0 Å². The minimum atomic E-state index is 0.479. The second-order valence-corrected chi connectivity index (χ2v) is 3.43. The van der Waals surface area contributed by atoms with Crippen LogP contribution in [0.1, 0.15) is 20.8 Å². The first-order valence-electron chi connectivity index (χ1n) is 4.49. The maximum atomic E-state index is 4.43. The van der Waals surface area contributed by atoms with Gasteiger partial charge in [-0.3, -0.25) is 0 Å². The molecule has 0 fully saturated rings. The van der Waals surface area contributed by atoms with Gasteiger partial charge in [0.2, 0.25) is 0 Å². The third-order valence-corrected chi connectivity index (χ3v) is 2.02. The van der Waals surface area contributed by atoms with Crippen molar-refractivity contribution in [2.75, 3.05) is 0 Å². The number of rotatable bonds is 2. The first-order chi connectivity index (χ1) is 6.11. The van der Waals surface area contributed by atoms with E-state index in [0.717, 1.165) is 11.4 Å². The van der Waals surface area contributed by atoms with Gasteiger partial charge in [-0.05, 0) is 25.0 Å². The molecule has 70 valence electrons. The average molecular weight is 176 g/mol. The molecule has 0 saturated heterocycles. The highest BCUT2D eigenvalue weighted by atomic mass is 15.4. The molecule has 0 saturated carbocycles. The predicted molar refractivity (Wildman–Crippen MR) is 57.2 cm³/mol. The zero-order valence-corrected chi connectivity index (χ0v) is 8.49. The van der Waals surface area contributed by atoms with Crippen molar-refractivity contribution in [2.24, 2.45) is 11.0 Å². The van der Waals surface area contributed by atoms with E-state index < -0.39 is 0 Å². The van der Waals surface area contributed by atoms with E-state index in [0.29, 0.717) is 5.92 Å². The van der Waals surface area contributed by atoms with Gasteiger partial charge in [0, 0.05) is 11.9 Å². The third kappa shape index (κ3) is 2.58. The molecular formula is C11H16N2. The maximum Gasteiger partial charge on any atom is 0.0573 e. The fourth-order valence-corrected chi connectivity index (χ4v) is 0.853. The van der Waals surface area contributed by atoms with Gasteiger partial charge in [-0.1, -0.05) is 26.5 Å². The third-order valence-electron chi connectivity index (χ3n) is 2.02. The van der Waals surface area contributed by atoms with E-state index in [1.807, 2.05) is 31.4 Å². The average Bonchev–Trinajstić information content (AvgIpc) is 2.08. The molecule has 1 heterocycles. The van der Waals surface area contributed by atoms with Crippen LogP contribution in [0.5, 0.6) is 0 Å². The van der Waals surface area contributed by atoms with Gasteiger partial charge < -0.3 is 0 Å². The summed E-state index contributed by atoms with van der Waals surface area (Å²) >= 11 is 0. The minimum Gasteiger partial charge on any atom is -0.242 e. The zero-order chi connectivity index (χ0) is 9.84. The molecule has 0 amide bonds. The van der Waals surface area contributed by atoms with Gasteiger partial charge in [-0.25, -0.2) is 5.01 Å². The molecule has 1 aliphatic heterocycles. The van der Waals surface area contributed by atoms with Gasteiger partial charge in [0.05, 0.1) is 5.70 Å². The quantitative estimate of drug-likeness (QED) is 0.591. The van der Waals surface area contributed by atoms with Crippen LogP contribution >= 0.6 is 0 Å². The summed E-state index contributed by atoms with van der Waals surface area (Å²) in [5.74, 6) is 0.479. The summed E-state index contributed by atoms with van der Waals surface area (Å²) in [6.07, 6.45) is 7.76. The summed E-state index contributed by atoms with van der Waals surface area (Å²) in [7, 11) is 0. The van der Waals surface area contributed by atoms with Crippen molar-refractivity contribution in [2.45, 2.75) is 20.8 Å². The minimum absolute atomic E-state index is 0.479.